The quantitative estimate of drug-likeness (QED) is 0.866. The molecule has 0 saturated heterocycles. The van der Waals surface area contributed by atoms with Gasteiger partial charge in [-0.05, 0) is 26.8 Å². The van der Waals surface area contributed by atoms with Gasteiger partial charge in [0.1, 0.15) is 4.88 Å². The Morgan fingerprint density at radius 2 is 2.15 bits per heavy atom. The number of aryl methyl sites for hydroxylation is 1. The van der Waals surface area contributed by atoms with E-state index in [4.69, 9.17) is 10.4 Å². The highest BCUT2D eigenvalue weighted by atomic mass is 32.2. The van der Waals surface area contributed by atoms with E-state index in [1.807, 2.05) is 6.07 Å². The molecule has 0 aliphatic rings. The standard InChI is InChI=1S/C12H16N2O4S2/c1-8(2)14(6-4-5-13)20(17,18)11-7-10(12(15)16)19-9(11)3/h7-8H,4,6H2,1-3H3,(H,15,16). The number of nitriles is 1. The van der Waals surface area contributed by atoms with Gasteiger partial charge in [-0.1, -0.05) is 0 Å². The maximum Gasteiger partial charge on any atom is 0.345 e. The number of thiophene rings is 1. The van der Waals surface area contributed by atoms with Crippen LogP contribution in [0.3, 0.4) is 0 Å². The van der Waals surface area contributed by atoms with Crippen LogP contribution in [0.15, 0.2) is 11.0 Å². The van der Waals surface area contributed by atoms with Crippen molar-refractivity contribution in [3.8, 4) is 6.07 Å². The molecule has 1 N–H and O–H groups in total. The molecule has 1 aromatic rings. The molecule has 0 atom stereocenters. The van der Waals surface area contributed by atoms with Gasteiger partial charge in [-0.2, -0.15) is 9.57 Å². The SMILES string of the molecule is Cc1sc(C(=O)O)cc1S(=O)(=O)N(CCC#N)C(C)C. The van der Waals surface area contributed by atoms with E-state index < -0.39 is 16.0 Å². The van der Waals surface area contributed by atoms with Gasteiger partial charge in [0.15, 0.2) is 0 Å². The molecular formula is C12H16N2O4S2. The van der Waals surface area contributed by atoms with Gasteiger partial charge in [0.05, 0.1) is 11.0 Å². The lowest BCUT2D eigenvalue weighted by molar-refractivity contribution is 0.0702. The normalized spacial score (nSPS) is 11.8. The van der Waals surface area contributed by atoms with Gasteiger partial charge in [-0.25, -0.2) is 13.2 Å². The number of carboxylic acid groups (broad SMARTS) is 1. The van der Waals surface area contributed by atoms with Crippen molar-refractivity contribution in [3.63, 3.8) is 0 Å². The van der Waals surface area contributed by atoms with Gasteiger partial charge in [0.25, 0.3) is 0 Å². The number of hydrogen-bond acceptors (Lipinski definition) is 5. The highest BCUT2D eigenvalue weighted by Crippen LogP contribution is 2.29. The fourth-order valence-electron chi connectivity index (χ4n) is 1.77. The fraction of sp³-hybridized carbons (Fsp3) is 0.500. The minimum Gasteiger partial charge on any atom is -0.477 e. The molecule has 0 saturated carbocycles. The summed E-state index contributed by atoms with van der Waals surface area (Å²) in [5.41, 5.74) is 0. The Balaban J connectivity index is 3.26. The van der Waals surface area contributed by atoms with Crippen molar-refractivity contribution in [3.05, 3.63) is 15.8 Å². The van der Waals surface area contributed by atoms with E-state index >= 15 is 0 Å². The molecule has 0 fully saturated rings. The van der Waals surface area contributed by atoms with Crippen LogP contribution < -0.4 is 0 Å². The highest BCUT2D eigenvalue weighted by molar-refractivity contribution is 7.89. The van der Waals surface area contributed by atoms with Crippen LogP contribution in [0.1, 0.15) is 34.8 Å². The minimum absolute atomic E-state index is 0.00606. The number of carbonyl (C=O) groups is 1. The lowest BCUT2D eigenvalue weighted by atomic mass is 10.3. The van der Waals surface area contributed by atoms with E-state index in [0.29, 0.717) is 4.88 Å². The van der Waals surface area contributed by atoms with Crippen molar-refractivity contribution in [1.29, 1.82) is 5.26 Å². The predicted molar refractivity (Wildman–Crippen MR) is 75.3 cm³/mol. The minimum atomic E-state index is -3.79. The third-order valence-electron chi connectivity index (χ3n) is 2.69. The topological polar surface area (TPSA) is 98.5 Å². The molecule has 0 aliphatic heterocycles. The maximum absolute atomic E-state index is 12.6. The van der Waals surface area contributed by atoms with E-state index in [1.54, 1.807) is 20.8 Å². The Hall–Kier alpha value is -1.43. The molecule has 6 nitrogen and oxygen atoms in total. The van der Waals surface area contributed by atoms with E-state index in [1.165, 1.54) is 10.4 Å². The second-order valence-corrected chi connectivity index (χ2v) is 7.57. The lowest BCUT2D eigenvalue weighted by Gasteiger charge is -2.24. The Labute approximate surface area is 122 Å². The average molecular weight is 316 g/mol. The van der Waals surface area contributed by atoms with Gasteiger partial charge in [0, 0.05) is 23.9 Å². The smallest absolute Gasteiger partial charge is 0.345 e. The van der Waals surface area contributed by atoms with Crippen molar-refractivity contribution >= 4 is 27.3 Å². The van der Waals surface area contributed by atoms with Crippen molar-refractivity contribution in [2.75, 3.05) is 6.54 Å². The molecule has 0 aliphatic carbocycles. The summed E-state index contributed by atoms with van der Waals surface area (Å²) in [6.07, 6.45) is 0.0897. The molecule has 20 heavy (non-hydrogen) atoms. The monoisotopic (exact) mass is 316 g/mol. The first-order valence-electron chi connectivity index (χ1n) is 5.94. The van der Waals surface area contributed by atoms with Crippen LogP contribution in [0.5, 0.6) is 0 Å². The lowest BCUT2D eigenvalue weighted by Crippen LogP contribution is -2.37. The average Bonchev–Trinajstić information content (AvgIpc) is 2.72. The number of sulfonamides is 1. The summed E-state index contributed by atoms with van der Waals surface area (Å²) in [4.78, 5) is 11.4. The molecule has 0 spiro atoms. The van der Waals surface area contributed by atoms with Crippen molar-refractivity contribution < 1.29 is 18.3 Å². The summed E-state index contributed by atoms with van der Waals surface area (Å²) in [5.74, 6) is -1.15. The Kier molecular flexibility index (Phi) is 5.28. The Morgan fingerprint density at radius 1 is 1.55 bits per heavy atom. The Morgan fingerprint density at radius 3 is 2.55 bits per heavy atom. The van der Waals surface area contributed by atoms with Crippen LogP contribution in [0.25, 0.3) is 0 Å². The van der Waals surface area contributed by atoms with Gasteiger partial charge < -0.3 is 5.11 Å². The molecule has 8 heteroatoms. The molecular weight excluding hydrogens is 300 g/mol. The molecule has 0 aromatic carbocycles. The molecule has 1 aromatic heterocycles. The number of aromatic carboxylic acids is 1. The summed E-state index contributed by atoms with van der Waals surface area (Å²) in [6, 6.07) is 2.79. The fourth-order valence-corrected chi connectivity index (χ4v) is 4.81. The zero-order valence-electron chi connectivity index (χ0n) is 11.5. The number of rotatable bonds is 6. The largest absolute Gasteiger partial charge is 0.477 e. The predicted octanol–water partition coefficient (Wildman–Crippen LogP) is 2.07. The van der Waals surface area contributed by atoms with Crippen molar-refractivity contribution in [2.45, 2.75) is 38.1 Å². The van der Waals surface area contributed by atoms with Crippen LogP contribution in [-0.4, -0.2) is 36.4 Å². The molecule has 0 unspecified atom stereocenters. The zero-order chi connectivity index (χ0) is 15.5. The first kappa shape index (κ1) is 16.6. The summed E-state index contributed by atoms with van der Waals surface area (Å²) in [6.45, 7) is 5.10. The molecule has 110 valence electrons. The van der Waals surface area contributed by atoms with Crippen molar-refractivity contribution in [2.24, 2.45) is 0 Å². The number of hydrogen-bond donors (Lipinski definition) is 1. The summed E-state index contributed by atoms with van der Waals surface area (Å²) in [5, 5.41) is 17.6. The van der Waals surface area contributed by atoms with Crippen LogP contribution in [-0.2, 0) is 10.0 Å². The second-order valence-electron chi connectivity index (χ2n) is 4.45. The summed E-state index contributed by atoms with van der Waals surface area (Å²) >= 11 is 0.932. The van der Waals surface area contributed by atoms with Crippen LogP contribution in [0.4, 0.5) is 0 Å². The molecule has 1 heterocycles. The van der Waals surface area contributed by atoms with Crippen molar-refractivity contribution in [1.82, 2.24) is 4.31 Å². The third kappa shape index (κ3) is 3.36. The Bertz CT molecular complexity index is 641. The molecule has 1 rings (SSSR count). The van der Waals surface area contributed by atoms with Gasteiger partial charge in [-0.15, -0.1) is 11.3 Å². The van der Waals surface area contributed by atoms with Crippen LogP contribution in [0.2, 0.25) is 0 Å². The van der Waals surface area contributed by atoms with Gasteiger partial charge >= 0.3 is 5.97 Å². The second kappa shape index (κ2) is 6.35. The van der Waals surface area contributed by atoms with E-state index in [0.717, 1.165) is 11.3 Å². The maximum atomic E-state index is 12.6. The molecule has 0 amide bonds. The van der Waals surface area contributed by atoms with Crippen LogP contribution >= 0.6 is 11.3 Å². The summed E-state index contributed by atoms with van der Waals surface area (Å²) < 4.78 is 26.4. The number of carboxylic acids is 1. The molecule has 0 bridgehead atoms. The van der Waals surface area contributed by atoms with Crippen LogP contribution in [0, 0.1) is 18.3 Å². The zero-order valence-corrected chi connectivity index (χ0v) is 13.1. The molecule has 0 radical (unpaired) electrons. The highest BCUT2D eigenvalue weighted by Gasteiger charge is 2.30. The van der Waals surface area contributed by atoms with E-state index in [-0.39, 0.29) is 28.8 Å². The first-order chi connectivity index (χ1) is 9.21. The van der Waals surface area contributed by atoms with Gasteiger partial charge in [0.2, 0.25) is 10.0 Å². The number of nitrogens with zero attached hydrogens (tertiary/aromatic N) is 2. The first-order valence-corrected chi connectivity index (χ1v) is 8.20. The van der Waals surface area contributed by atoms with Gasteiger partial charge in [-0.3, -0.25) is 0 Å². The van der Waals surface area contributed by atoms with E-state index in [9.17, 15) is 13.2 Å². The summed E-state index contributed by atoms with van der Waals surface area (Å²) in [7, 11) is -3.79. The van der Waals surface area contributed by atoms with E-state index in [2.05, 4.69) is 0 Å². The third-order valence-corrected chi connectivity index (χ3v) is 6.06.